The van der Waals surface area contributed by atoms with Gasteiger partial charge in [0.05, 0.1) is 12.3 Å². The predicted molar refractivity (Wildman–Crippen MR) is 116 cm³/mol. The summed E-state index contributed by atoms with van der Waals surface area (Å²) in [5.74, 6) is -0.459. The third kappa shape index (κ3) is 4.42. The van der Waals surface area contributed by atoms with Crippen molar-refractivity contribution >= 4 is 11.7 Å². The molecular formula is C23H22N4O5. The van der Waals surface area contributed by atoms with Gasteiger partial charge >= 0.3 is 5.82 Å². The molecule has 9 heteroatoms. The van der Waals surface area contributed by atoms with Crippen LogP contribution >= 0.6 is 0 Å². The normalized spacial score (nSPS) is 14.2. The number of aromatic nitrogens is 2. The van der Waals surface area contributed by atoms with E-state index < -0.39 is 10.7 Å². The average Bonchev–Trinajstić information content (AvgIpc) is 2.78. The number of carbonyl (C=O) groups is 1. The molecule has 164 valence electrons. The zero-order valence-electron chi connectivity index (χ0n) is 17.9. The Balaban J connectivity index is 1.45. The quantitative estimate of drug-likeness (QED) is 0.477. The number of amides is 1. The Hall–Kier alpha value is -3.85. The van der Waals surface area contributed by atoms with E-state index >= 15 is 0 Å². The largest absolute Gasteiger partial charge is 0.461 e. The van der Waals surface area contributed by atoms with Crippen LogP contribution in [-0.2, 0) is 17.9 Å². The minimum absolute atomic E-state index is 0.211. The summed E-state index contributed by atoms with van der Waals surface area (Å²) in [7, 11) is 0. The highest BCUT2D eigenvalue weighted by atomic mass is 16.7. The van der Waals surface area contributed by atoms with E-state index in [2.05, 4.69) is 15.3 Å². The van der Waals surface area contributed by atoms with Crippen molar-refractivity contribution in [1.29, 1.82) is 0 Å². The molecule has 1 amide bonds. The maximum Gasteiger partial charge on any atom is 0.363 e. The zero-order chi connectivity index (χ0) is 22.9. The Morgan fingerprint density at radius 3 is 2.50 bits per heavy atom. The summed E-state index contributed by atoms with van der Waals surface area (Å²) in [6.07, 6.45) is 3.16. The molecule has 0 bridgehead atoms. The first kappa shape index (κ1) is 21.4. The number of aryl methyl sites for hydroxylation is 1. The number of hydrogen-bond donors (Lipinski definition) is 1. The highest BCUT2D eigenvalue weighted by Crippen LogP contribution is 2.35. The minimum Gasteiger partial charge on any atom is -0.461 e. The van der Waals surface area contributed by atoms with Crippen LogP contribution in [0, 0.1) is 17.0 Å². The van der Waals surface area contributed by atoms with Crippen molar-refractivity contribution in [2.75, 3.05) is 0 Å². The molecule has 1 aliphatic heterocycles. The summed E-state index contributed by atoms with van der Waals surface area (Å²) >= 11 is 0. The molecule has 2 aromatic heterocycles. The number of rotatable bonds is 5. The molecule has 0 aliphatic carbocycles. The lowest BCUT2D eigenvalue weighted by Gasteiger charge is -2.34. The Morgan fingerprint density at radius 1 is 1.12 bits per heavy atom. The van der Waals surface area contributed by atoms with Crippen molar-refractivity contribution in [3.63, 3.8) is 0 Å². The molecule has 4 rings (SSSR count). The van der Waals surface area contributed by atoms with Crippen LogP contribution in [0.3, 0.4) is 0 Å². The summed E-state index contributed by atoms with van der Waals surface area (Å²) in [6, 6.07) is 9.92. The Morgan fingerprint density at radius 2 is 1.84 bits per heavy atom. The molecule has 0 fully saturated rings. The van der Waals surface area contributed by atoms with Crippen molar-refractivity contribution in [2.24, 2.45) is 0 Å². The molecule has 1 aromatic carbocycles. The third-order valence-electron chi connectivity index (χ3n) is 5.17. The van der Waals surface area contributed by atoms with Crippen LogP contribution in [0.2, 0.25) is 0 Å². The van der Waals surface area contributed by atoms with Gasteiger partial charge in [-0.05, 0) is 46.2 Å². The number of nitrogens with zero attached hydrogens (tertiary/aromatic N) is 3. The van der Waals surface area contributed by atoms with E-state index in [-0.39, 0.29) is 18.3 Å². The standard InChI is InChI=1S/C23H22N4O5/c1-14-21-19(13-31-23(2,3)32-21)18(11-24-14)12-26-22(28)16-6-4-15(5-7-16)17-8-9-20(25-10-17)27(29)30/h4-11H,12-13H2,1-3H3,(H,26,28). The van der Waals surface area contributed by atoms with E-state index in [1.165, 1.54) is 12.3 Å². The van der Waals surface area contributed by atoms with Crippen molar-refractivity contribution < 1.29 is 19.2 Å². The van der Waals surface area contributed by atoms with Crippen LogP contribution < -0.4 is 10.1 Å². The third-order valence-corrected chi connectivity index (χ3v) is 5.17. The van der Waals surface area contributed by atoms with Crippen molar-refractivity contribution in [3.05, 3.63) is 81.3 Å². The second-order valence-corrected chi connectivity index (χ2v) is 7.89. The van der Waals surface area contributed by atoms with Crippen LogP contribution in [0.15, 0.2) is 48.8 Å². The number of hydrogen-bond acceptors (Lipinski definition) is 7. The van der Waals surface area contributed by atoms with Gasteiger partial charge in [0, 0.05) is 49.3 Å². The fourth-order valence-corrected chi connectivity index (χ4v) is 3.40. The number of fused-ring (bicyclic) bond motifs is 1. The highest BCUT2D eigenvalue weighted by Gasteiger charge is 2.30. The molecule has 0 radical (unpaired) electrons. The van der Waals surface area contributed by atoms with E-state index in [1.54, 1.807) is 36.5 Å². The number of nitrogens with one attached hydrogen (secondary N) is 1. The average molecular weight is 434 g/mol. The maximum absolute atomic E-state index is 12.6. The smallest absolute Gasteiger partial charge is 0.363 e. The fraction of sp³-hybridized carbons (Fsp3) is 0.261. The summed E-state index contributed by atoms with van der Waals surface area (Å²) < 4.78 is 11.7. The second-order valence-electron chi connectivity index (χ2n) is 7.89. The van der Waals surface area contributed by atoms with E-state index in [0.717, 1.165) is 27.9 Å². The van der Waals surface area contributed by atoms with Crippen molar-refractivity contribution in [1.82, 2.24) is 15.3 Å². The molecule has 9 nitrogen and oxygen atoms in total. The van der Waals surface area contributed by atoms with E-state index in [0.29, 0.717) is 17.9 Å². The van der Waals surface area contributed by atoms with Crippen LogP contribution in [0.4, 0.5) is 5.82 Å². The van der Waals surface area contributed by atoms with Gasteiger partial charge in [-0.1, -0.05) is 12.1 Å². The van der Waals surface area contributed by atoms with Gasteiger partial charge in [-0.25, -0.2) is 0 Å². The number of pyridine rings is 2. The van der Waals surface area contributed by atoms with Gasteiger partial charge in [-0.15, -0.1) is 0 Å². The molecule has 0 atom stereocenters. The lowest BCUT2D eigenvalue weighted by atomic mass is 10.0. The topological polar surface area (TPSA) is 116 Å². The van der Waals surface area contributed by atoms with Gasteiger partial charge in [0.25, 0.3) is 5.91 Å². The van der Waals surface area contributed by atoms with E-state index in [9.17, 15) is 14.9 Å². The molecule has 0 spiro atoms. The molecule has 0 unspecified atom stereocenters. The number of ether oxygens (including phenoxy) is 2. The number of nitro groups is 1. The molecule has 32 heavy (non-hydrogen) atoms. The van der Waals surface area contributed by atoms with Crippen LogP contribution in [0.25, 0.3) is 11.1 Å². The summed E-state index contributed by atoms with van der Waals surface area (Å²) in [5, 5.41) is 13.6. The first-order valence-electron chi connectivity index (χ1n) is 10.0. The molecule has 1 N–H and O–H groups in total. The molecule has 0 saturated carbocycles. The fourth-order valence-electron chi connectivity index (χ4n) is 3.40. The summed E-state index contributed by atoms with van der Waals surface area (Å²) in [5.41, 5.74) is 4.52. The first-order valence-corrected chi connectivity index (χ1v) is 10.0. The zero-order valence-corrected chi connectivity index (χ0v) is 17.9. The molecule has 3 heterocycles. The summed E-state index contributed by atoms with van der Waals surface area (Å²) in [4.78, 5) is 31.0. The minimum atomic E-state index is -0.720. The van der Waals surface area contributed by atoms with Crippen LogP contribution in [0.1, 0.15) is 41.0 Å². The Labute approximate surface area is 184 Å². The van der Waals surface area contributed by atoms with Gasteiger partial charge in [0.2, 0.25) is 5.79 Å². The van der Waals surface area contributed by atoms with Gasteiger partial charge in [0.15, 0.2) is 0 Å². The molecule has 1 aliphatic rings. The molecule has 3 aromatic rings. The van der Waals surface area contributed by atoms with Gasteiger partial charge < -0.3 is 24.9 Å². The highest BCUT2D eigenvalue weighted by molar-refractivity contribution is 5.94. The van der Waals surface area contributed by atoms with E-state index in [1.807, 2.05) is 20.8 Å². The van der Waals surface area contributed by atoms with Gasteiger partial charge in [-0.3, -0.25) is 9.78 Å². The lowest BCUT2D eigenvalue weighted by molar-refractivity contribution is -0.389. The van der Waals surface area contributed by atoms with Gasteiger partial charge in [0.1, 0.15) is 11.9 Å². The van der Waals surface area contributed by atoms with Gasteiger partial charge in [-0.2, -0.15) is 0 Å². The first-order chi connectivity index (χ1) is 15.2. The molecular weight excluding hydrogens is 412 g/mol. The Bertz CT molecular complexity index is 1170. The van der Waals surface area contributed by atoms with E-state index in [4.69, 9.17) is 9.47 Å². The van der Waals surface area contributed by atoms with Crippen molar-refractivity contribution in [2.45, 2.75) is 39.7 Å². The van der Waals surface area contributed by atoms with Crippen LogP contribution in [0.5, 0.6) is 5.75 Å². The Kier molecular flexibility index (Phi) is 5.58. The second kappa shape index (κ2) is 8.35. The lowest BCUT2D eigenvalue weighted by Crippen LogP contribution is -2.36. The monoisotopic (exact) mass is 434 g/mol. The SMILES string of the molecule is Cc1ncc(CNC(=O)c2ccc(-c3ccc([N+](=O)[O-])nc3)cc2)c2c1OC(C)(C)OC2. The van der Waals surface area contributed by atoms with Crippen LogP contribution in [-0.4, -0.2) is 26.6 Å². The number of carbonyl (C=O) groups excluding carboxylic acids is 1. The van der Waals surface area contributed by atoms with Crippen molar-refractivity contribution in [3.8, 4) is 16.9 Å². The number of benzene rings is 1. The summed E-state index contributed by atoms with van der Waals surface area (Å²) in [6.45, 7) is 6.25. The predicted octanol–water partition coefficient (Wildman–Crippen LogP) is 3.94. The molecule has 0 saturated heterocycles. The maximum atomic E-state index is 12.6.